The molecule has 0 unspecified atom stereocenters. The molecule has 2 aromatic carbocycles. The van der Waals surface area contributed by atoms with Crippen LogP contribution in [0.4, 0.5) is 0 Å². The van der Waals surface area contributed by atoms with Gasteiger partial charge in [-0.25, -0.2) is 0 Å². The summed E-state index contributed by atoms with van der Waals surface area (Å²) in [7, 11) is 0. The van der Waals surface area contributed by atoms with Crippen LogP contribution in [0.2, 0.25) is 0 Å². The molecule has 0 saturated heterocycles. The number of hydrogen-bond acceptors (Lipinski definition) is 4. The van der Waals surface area contributed by atoms with Crippen LogP contribution < -0.4 is 14.3 Å². The van der Waals surface area contributed by atoms with Crippen molar-refractivity contribution in [2.45, 2.75) is 6.54 Å². The lowest BCUT2D eigenvalue weighted by atomic mass is 10.2. The van der Waals surface area contributed by atoms with Gasteiger partial charge in [0.25, 0.3) is 5.91 Å². The van der Waals surface area contributed by atoms with Crippen molar-refractivity contribution in [1.29, 1.82) is 0 Å². The summed E-state index contributed by atoms with van der Waals surface area (Å²) in [5.74, 6) is 1.13. The lowest BCUT2D eigenvalue weighted by Crippen LogP contribution is -2.17. The molecule has 0 aliphatic carbocycles. The summed E-state index contributed by atoms with van der Waals surface area (Å²) >= 11 is 1.44. The number of hydrogen-bond donors (Lipinski definition) is 0. The molecule has 0 bridgehead atoms. The number of rotatable bonds is 4. The highest BCUT2D eigenvalue weighted by atomic mass is 32.1. The van der Waals surface area contributed by atoms with Gasteiger partial charge in [-0.1, -0.05) is 47.7 Å². The zero-order valence-electron chi connectivity index (χ0n) is 14.6. The van der Waals surface area contributed by atoms with Gasteiger partial charge in [-0.2, -0.15) is 4.99 Å². The van der Waals surface area contributed by atoms with Gasteiger partial charge in [0.05, 0.1) is 10.2 Å². The first-order chi connectivity index (χ1) is 13.2. The quantitative estimate of drug-likeness (QED) is 0.513. The van der Waals surface area contributed by atoms with Crippen molar-refractivity contribution in [2.24, 2.45) is 4.99 Å². The molecule has 4 rings (SSSR count). The van der Waals surface area contributed by atoms with E-state index in [4.69, 9.17) is 9.47 Å². The van der Waals surface area contributed by atoms with Crippen molar-refractivity contribution in [2.75, 3.05) is 13.2 Å². The van der Waals surface area contributed by atoms with E-state index in [2.05, 4.69) is 11.6 Å². The van der Waals surface area contributed by atoms with Crippen molar-refractivity contribution in [1.82, 2.24) is 4.57 Å². The third-order valence-corrected chi connectivity index (χ3v) is 5.12. The molecule has 0 N–H and O–H groups in total. The average molecular weight is 378 g/mol. The number of carbonyl (C=O) groups is 1. The number of carbonyl (C=O) groups excluding carboxylic acids is 1. The van der Waals surface area contributed by atoms with E-state index in [-0.39, 0.29) is 5.91 Å². The predicted molar refractivity (Wildman–Crippen MR) is 107 cm³/mol. The number of amides is 1. The Bertz CT molecular complexity index is 1090. The van der Waals surface area contributed by atoms with Gasteiger partial charge in [0.1, 0.15) is 13.2 Å². The summed E-state index contributed by atoms with van der Waals surface area (Å²) in [5, 5.41) is 0. The van der Waals surface area contributed by atoms with Crippen molar-refractivity contribution < 1.29 is 14.3 Å². The van der Waals surface area contributed by atoms with Crippen molar-refractivity contribution in [3.63, 3.8) is 0 Å². The Hall–Kier alpha value is -3.12. The normalized spacial score (nSPS) is 14.0. The van der Waals surface area contributed by atoms with Gasteiger partial charge < -0.3 is 14.0 Å². The van der Waals surface area contributed by atoms with E-state index in [1.165, 1.54) is 17.4 Å². The molecule has 0 radical (unpaired) electrons. The fourth-order valence-corrected chi connectivity index (χ4v) is 3.92. The van der Waals surface area contributed by atoms with Crippen LogP contribution in [0.3, 0.4) is 0 Å². The summed E-state index contributed by atoms with van der Waals surface area (Å²) in [5.41, 5.74) is 1.90. The highest BCUT2D eigenvalue weighted by molar-refractivity contribution is 7.16. The predicted octanol–water partition coefficient (Wildman–Crippen LogP) is 3.80. The molecule has 0 saturated carbocycles. The monoisotopic (exact) mass is 378 g/mol. The zero-order valence-corrected chi connectivity index (χ0v) is 15.4. The second kappa shape index (κ2) is 7.63. The number of benzene rings is 2. The lowest BCUT2D eigenvalue weighted by molar-refractivity contribution is -0.113. The number of fused-ring (bicyclic) bond motifs is 2. The molecule has 1 amide bonds. The van der Waals surface area contributed by atoms with Crippen molar-refractivity contribution in [3.8, 4) is 11.5 Å². The first kappa shape index (κ1) is 17.3. The summed E-state index contributed by atoms with van der Waals surface area (Å²) in [6.07, 6.45) is 5.03. The van der Waals surface area contributed by atoms with E-state index in [9.17, 15) is 4.79 Å². The standard InChI is InChI=1S/C21H18N2O3S/c1-2-10-23-16-13-17-18(26-12-11-25-17)14-19(16)27-21(23)22-20(24)9-8-15-6-4-3-5-7-15/h2-9,13-14H,1,10-12H2/b9-8+,22-21?. The molecule has 0 fully saturated rings. The minimum absolute atomic E-state index is 0.305. The Morgan fingerprint density at radius 1 is 1.19 bits per heavy atom. The highest BCUT2D eigenvalue weighted by Crippen LogP contribution is 2.35. The van der Waals surface area contributed by atoms with Crippen LogP contribution in [-0.4, -0.2) is 23.7 Å². The van der Waals surface area contributed by atoms with Gasteiger partial charge in [0.2, 0.25) is 0 Å². The van der Waals surface area contributed by atoms with Crippen LogP contribution in [0.1, 0.15) is 5.56 Å². The van der Waals surface area contributed by atoms with Gasteiger partial charge in [-0.15, -0.1) is 6.58 Å². The number of nitrogens with zero attached hydrogens (tertiary/aromatic N) is 2. The second-order valence-electron chi connectivity index (χ2n) is 5.94. The number of aromatic nitrogens is 1. The van der Waals surface area contributed by atoms with Gasteiger partial charge in [0.15, 0.2) is 16.3 Å². The van der Waals surface area contributed by atoms with Gasteiger partial charge >= 0.3 is 0 Å². The minimum Gasteiger partial charge on any atom is -0.486 e. The molecular formula is C21H18N2O3S. The summed E-state index contributed by atoms with van der Waals surface area (Å²) in [6.45, 7) is 5.43. The zero-order chi connectivity index (χ0) is 18.6. The topological polar surface area (TPSA) is 52.8 Å². The molecule has 0 atom stereocenters. The fourth-order valence-electron chi connectivity index (χ4n) is 2.86. The Labute approximate surface area is 160 Å². The van der Waals surface area contributed by atoms with Crippen LogP contribution in [0, 0.1) is 0 Å². The Balaban J connectivity index is 1.74. The van der Waals surface area contributed by atoms with E-state index < -0.39 is 0 Å². The van der Waals surface area contributed by atoms with Crippen LogP contribution in [0.25, 0.3) is 16.3 Å². The fraction of sp³-hybridized carbons (Fsp3) is 0.143. The molecule has 3 aromatic rings. The first-order valence-corrected chi connectivity index (χ1v) is 9.42. The Morgan fingerprint density at radius 3 is 2.67 bits per heavy atom. The lowest BCUT2D eigenvalue weighted by Gasteiger charge is -2.18. The molecule has 136 valence electrons. The Morgan fingerprint density at radius 2 is 1.93 bits per heavy atom. The van der Waals surface area contributed by atoms with E-state index >= 15 is 0 Å². The van der Waals surface area contributed by atoms with E-state index in [1.54, 1.807) is 12.2 Å². The minimum atomic E-state index is -0.305. The van der Waals surface area contributed by atoms with Gasteiger partial charge in [-0.05, 0) is 11.6 Å². The average Bonchev–Trinajstić information content (AvgIpc) is 3.02. The molecule has 1 aliphatic rings. The maximum Gasteiger partial charge on any atom is 0.272 e. The van der Waals surface area contributed by atoms with Gasteiger partial charge in [-0.3, -0.25) is 4.79 Å². The molecule has 2 heterocycles. The molecule has 5 nitrogen and oxygen atoms in total. The van der Waals surface area contributed by atoms with Crippen LogP contribution >= 0.6 is 11.3 Å². The van der Waals surface area contributed by atoms with Crippen LogP contribution in [-0.2, 0) is 11.3 Å². The van der Waals surface area contributed by atoms with E-state index in [1.807, 2.05) is 47.0 Å². The molecule has 1 aliphatic heterocycles. The van der Waals surface area contributed by atoms with Crippen LogP contribution in [0.5, 0.6) is 11.5 Å². The van der Waals surface area contributed by atoms with Gasteiger partial charge in [0, 0.05) is 24.8 Å². The number of thiazole rings is 1. The third-order valence-electron chi connectivity index (χ3n) is 4.08. The van der Waals surface area contributed by atoms with E-state index in [0.29, 0.717) is 30.3 Å². The smallest absolute Gasteiger partial charge is 0.272 e. The largest absolute Gasteiger partial charge is 0.486 e. The SMILES string of the molecule is C=CCn1c(=NC(=O)/C=C/c2ccccc2)sc2cc3c(cc21)OCCO3. The molecule has 27 heavy (non-hydrogen) atoms. The van der Waals surface area contributed by atoms with Crippen LogP contribution in [0.15, 0.2) is 66.2 Å². The van der Waals surface area contributed by atoms with Crippen molar-refractivity contribution in [3.05, 3.63) is 71.6 Å². The molecule has 0 spiro atoms. The molecule has 1 aromatic heterocycles. The highest BCUT2D eigenvalue weighted by Gasteiger charge is 2.16. The maximum atomic E-state index is 12.3. The number of allylic oxidation sites excluding steroid dienone is 1. The maximum absolute atomic E-state index is 12.3. The first-order valence-electron chi connectivity index (χ1n) is 8.60. The summed E-state index contributed by atoms with van der Waals surface area (Å²) in [4.78, 5) is 17.2. The summed E-state index contributed by atoms with van der Waals surface area (Å²) < 4.78 is 14.3. The molecule has 6 heteroatoms. The second-order valence-corrected chi connectivity index (χ2v) is 6.95. The number of ether oxygens (including phenoxy) is 2. The summed E-state index contributed by atoms with van der Waals surface area (Å²) in [6, 6.07) is 13.5. The van der Waals surface area contributed by atoms with E-state index in [0.717, 1.165) is 21.5 Å². The molecular weight excluding hydrogens is 360 g/mol. The third kappa shape index (κ3) is 3.71. The van der Waals surface area contributed by atoms with Crippen molar-refractivity contribution >= 4 is 33.5 Å². The Kier molecular flexibility index (Phi) is 4.89.